The van der Waals surface area contributed by atoms with Crippen LogP contribution in [0.3, 0.4) is 0 Å². The second kappa shape index (κ2) is 9.42. The first kappa shape index (κ1) is 14.8. The van der Waals surface area contributed by atoms with E-state index >= 15 is 0 Å². The molecule has 0 aromatic rings. The summed E-state index contributed by atoms with van der Waals surface area (Å²) in [4.78, 5) is 9.00. The van der Waals surface area contributed by atoms with Gasteiger partial charge in [-0.1, -0.05) is 0 Å². The number of hydrogen-bond acceptors (Lipinski definition) is 5. The molecule has 14 heavy (non-hydrogen) atoms. The average Bonchev–Trinajstić information content (AvgIpc) is 2.04. The van der Waals surface area contributed by atoms with Gasteiger partial charge in [0.2, 0.25) is 5.96 Å². The summed E-state index contributed by atoms with van der Waals surface area (Å²) < 4.78 is 0. The third-order valence-corrected chi connectivity index (χ3v) is 0.672. The van der Waals surface area contributed by atoms with Crippen LogP contribution in [0.1, 0.15) is 6.92 Å². The fraction of sp³-hybridized carbons (Fsp3) is 0.500. The lowest BCUT2D eigenvalue weighted by Gasteiger charge is -1.92. The first-order valence-electron chi connectivity index (χ1n) is 3.49. The molecule has 0 aliphatic rings. The van der Waals surface area contributed by atoms with E-state index in [1.54, 1.807) is 0 Å². The quantitative estimate of drug-likeness (QED) is 0.198. The summed E-state index contributed by atoms with van der Waals surface area (Å²) >= 11 is 0. The van der Waals surface area contributed by atoms with Crippen molar-refractivity contribution in [3.05, 3.63) is 0 Å². The Morgan fingerprint density at radius 3 is 1.79 bits per heavy atom. The summed E-state index contributed by atoms with van der Waals surface area (Å²) in [5.41, 5.74) is 9.93. The summed E-state index contributed by atoms with van der Waals surface area (Å²) in [5, 5.41) is 30.7. The van der Waals surface area contributed by atoms with Crippen molar-refractivity contribution in [3.8, 4) is 0 Å². The van der Waals surface area contributed by atoms with Gasteiger partial charge in [-0.15, -0.1) is 5.10 Å². The highest BCUT2D eigenvalue weighted by atomic mass is 16.4. The van der Waals surface area contributed by atoms with Gasteiger partial charge in [0.1, 0.15) is 0 Å². The van der Waals surface area contributed by atoms with Crippen LogP contribution in [0.4, 0.5) is 0 Å². The van der Waals surface area contributed by atoms with E-state index in [1.807, 2.05) is 0 Å². The second-order valence-electron chi connectivity index (χ2n) is 2.03. The van der Waals surface area contributed by atoms with E-state index in [9.17, 15) is 0 Å². The number of nitrogens with two attached hydrogens (primary N) is 2. The maximum atomic E-state index is 9.00. The van der Waals surface area contributed by atoms with E-state index in [2.05, 4.69) is 10.2 Å². The molecule has 0 aromatic heterocycles. The molecule has 0 atom stereocenters. The second-order valence-corrected chi connectivity index (χ2v) is 2.03. The molecule has 0 bridgehead atoms. The van der Waals surface area contributed by atoms with Crippen molar-refractivity contribution in [1.29, 1.82) is 0 Å². The zero-order valence-electron chi connectivity index (χ0n) is 7.71. The maximum Gasteiger partial charge on any atom is 0.300 e. The van der Waals surface area contributed by atoms with E-state index in [0.717, 1.165) is 6.92 Å². The van der Waals surface area contributed by atoms with Crippen LogP contribution in [0, 0.1) is 0 Å². The lowest BCUT2D eigenvalue weighted by molar-refractivity contribution is -0.134. The van der Waals surface area contributed by atoms with Gasteiger partial charge in [-0.25, -0.2) is 0 Å². The summed E-state index contributed by atoms with van der Waals surface area (Å²) in [7, 11) is 0. The number of carboxylic acids is 1. The van der Waals surface area contributed by atoms with Crippen molar-refractivity contribution < 1.29 is 20.1 Å². The lowest BCUT2D eigenvalue weighted by atomic mass is 10.4. The largest absolute Gasteiger partial charge is 0.481 e. The van der Waals surface area contributed by atoms with Crippen molar-refractivity contribution in [3.63, 3.8) is 0 Å². The summed E-state index contributed by atoms with van der Waals surface area (Å²) in [6.07, 6.45) is 0. The van der Waals surface area contributed by atoms with Crippen molar-refractivity contribution in [2.75, 3.05) is 13.2 Å². The Labute approximate surface area is 80.6 Å². The van der Waals surface area contributed by atoms with Crippen LogP contribution in [0.2, 0.25) is 0 Å². The van der Waals surface area contributed by atoms with Gasteiger partial charge in [0.15, 0.2) is 0 Å². The van der Waals surface area contributed by atoms with Crippen molar-refractivity contribution in [2.45, 2.75) is 6.92 Å². The first-order chi connectivity index (χ1) is 6.43. The smallest absolute Gasteiger partial charge is 0.300 e. The van der Waals surface area contributed by atoms with Gasteiger partial charge in [0.25, 0.3) is 5.97 Å². The van der Waals surface area contributed by atoms with Crippen LogP contribution in [-0.2, 0) is 4.79 Å². The van der Waals surface area contributed by atoms with Gasteiger partial charge in [-0.2, -0.15) is 5.10 Å². The fourth-order valence-electron chi connectivity index (χ4n) is 0.242. The third-order valence-electron chi connectivity index (χ3n) is 0.672. The van der Waals surface area contributed by atoms with Crippen LogP contribution < -0.4 is 11.5 Å². The van der Waals surface area contributed by atoms with Gasteiger partial charge in [0.05, 0.1) is 18.9 Å². The predicted molar refractivity (Wildman–Crippen MR) is 50.7 cm³/mol. The predicted octanol–water partition coefficient (Wildman–Crippen LogP) is -2.31. The van der Waals surface area contributed by atoms with Gasteiger partial charge < -0.3 is 26.8 Å². The Morgan fingerprint density at radius 1 is 1.21 bits per heavy atom. The molecular formula is C6H14N4O4. The minimum absolute atomic E-state index is 0.119. The van der Waals surface area contributed by atoms with Crippen LogP contribution in [0.5, 0.6) is 0 Å². The average molecular weight is 206 g/mol. The molecule has 0 unspecified atom stereocenters. The molecule has 0 saturated heterocycles. The Kier molecular flexibility index (Phi) is 9.98. The molecule has 8 heteroatoms. The van der Waals surface area contributed by atoms with Crippen molar-refractivity contribution in [2.24, 2.45) is 21.7 Å². The minimum atomic E-state index is -0.833. The van der Waals surface area contributed by atoms with Gasteiger partial charge >= 0.3 is 0 Å². The van der Waals surface area contributed by atoms with Crippen molar-refractivity contribution in [1.82, 2.24) is 0 Å². The first-order valence-corrected chi connectivity index (χ1v) is 3.49. The molecule has 0 spiro atoms. The summed E-state index contributed by atoms with van der Waals surface area (Å²) in [5.74, 6) is -1.04. The van der Waals surface area contributed by atoms with Crippen LogP contribution >= 0.6 is 0 Å². The van der Waals surface area contributed by atoms with Crippen molar-refractivity contribution >= 4 is 17.6 Å². The molecule has 0 saturated carbocycles. The summed E-state index contributed by atoms with van der Waals surface area (Å²) in [6.45, 7) is 0.376. The summed E-state index contributed by atoms with van der Waals surface area (Å²) in [6, 6.07) is 0. The van der Waals surface area contributed by atoms with E-state index in [4.69, 9.17) is 31.6 Å². The van der Waals surface area contributed by atoms with E-state index in [0.29, 0.717) is 0 Å². The van der Waals surface area contributed by atoms with Gasteiger partial charge in [-0.3, -0.25) is 4.79 Å². The van der Waals surface area contributed by atoms with Crippen LogP contribution in [-0.4, -0.2) is 46.2 Å². The molecule has 82 valence electrons. The number of nitrogens with zero attached hydrogens (tertiary/aromatic N) is 2. The fourth-order valence-corrected chi connectivity index (χ4v) is 0.242. The number of aliphatic hydroxyl groups excluding tert-OH is 2. The van der Waals surface area contributed by atoms with Crippen LogP contribution in [0.15, 0.2) is 10.2 Å². The molecular weight excluding hydrogens is 192 g/mol. The number of hydrogen-bond donors (Lipinski definition) is 5. The van der Waals surface area contributed by atoms with Crippen LogP contribution in [0.25, 0.3) is 0 Å². The minimum Gasteiger partial charge on any atom is -0.481 e. The normalized spacial score (nSPS) is 7.93. The molecule has 0 radical (unpaired) electrons. The number of rotatable bonds is 3. The number of carboxylic acid groups (broad SMARTS) is 1. The zero-order valence-corrected chi connectivity index (χ0v) is 7.71. The van der Waals surface area contributed by atoms with E-state index in [1.165, 1.54) is 0 Å². The lowest BCUT2D eigenvalue weighted by Crippen LogP contribution is -2.22. The Balaban J connectivity index is 0. The topological polar surface area (TPSA) is 155 Å². The highest BCUT2D eigenvalue weighted by Crippen LogP contribution is 1.76. The molecule has 7 N–H and O–H groups in total. The molecule has 0 aliphatic carbocycles. The Hall–Kier alpha value is -1.67. The SMILES string of the molecule is CC(=O)O.NC(N)=NN=C(CO)CO. The highest BCUT2D eigenvalue weighted by Gasteiger charge is 1.91. The van der Waals surface area contributed by atoms with Gasteiger partial charge in [0, 0.05) is 6.92 Å². The standard InChI is InChI=1S/C4H10N4O2.C2H4O2/c5-4(6)8-7-3(1-9)2-10;1-2(3)4/h9-10H,1-2H2,(H4,5,6,8);1H3,(H,3,4). The molecule has 0 aliphatic heterocycles. The van der Waals surface area contributed by atoms with E-state index in [-0.39, 0.29) is 24.9 Å². The number of aliphatic carboxylic acids is 1. The Morgan fingerprint density at radius 2 is 1.57 bits per heavy atom. The molecule has 0 rings (SSSR count). The number of guanidine groups is 1. The molecule has 8 nitrogen and oxygen atoms in total. The molecule has 0 amide bonds. The number of aliphatic hydroxyl groups is 2. The van der Waals surface area contributed by atoms with Gasteiger partial charge in [-0.05, 0) is 0 Å². The molecule has 0 aromatic carbocycles. The third kappa shape index (κ3) is 16.7. The monoisotopic (exact) mass is 206 g/mol. The zero-order chi connectivity index (χ0) is 11.6. The molecule has 0 fully saturated rings. The highest BCUT2D eigenvalue weighted by molar-refractivity contribution is 5.87. The Bertz CT molecular complexity index is 212. The molecule has 0 heterocycles. The maximum absolute atomic E-state index is 9.00. The number of carbonyl (C=O) groups is 1. The van der Waals surface area contributed by atoms with E-state index < -0.39 is 5.97 Å².